The standard InChI is InChI=1S/C25H35NO/c1-7-16-27-23-14-12-20(13-15-23)19-8-10-21(11-9-19)22-17-24(2,3)26(6)25(4,5)18-22/h8-15,22H,7,16-18H2,1-6H3. The van der Waals surface area contributed by atoms with Crippen molar-refractivity contribution in [3.63, 3.8) is 0 Å². The molecule has 1 fully saturated rings. The first-order valence-corrected chi connectivity index (χ1v) is 10.3. The van der Waals surface area contributed by atoms with Crippen molar-refractivity contribution in [1.29, 1.82) is 0 Å². The van der Waals surface area contributed by atoms with Crippen LogP contribution >= 0.6 is 0 Å². The van der Waals surface area contributed by atoms with E-state index in [4.69, 9.17) is 4.74 Å². The molecule has 0 atom stereocenters. The molecule has 3 rings (SSSR count). The molecule has 2 aromatic rings. The molecule has 27 heavy (non-hydrogen) atoms. The highest BCUT2D eigenvalue weighted by atomic mass is 16.5. The zero-order chi connectivity index (χ0) is 19.7. The van der Waals surface area contributed by atoms with Gasteiger partial charge in [0.1, 0.15) is 5.75 Å². The molecule has 2 aromatic carbocycles. The van der Waals surface area contributed by atoms with Gasteiger partial charge in [-0.1, -0.05) is 43.3 Å². The van der Waals surface area contributed by atoms with E-state index in [0.29, 0.717) is 5.92 Å². The van der Waals surface area contributed by atoms with Crippen molar-refractivity contribution < 1.29 is 4.74 Å². The van der Waals surface area contributed by atoms with Crippen molar-refractivity contribution in [3.05, 3.63) is 54.1 Å². The minimum atomic E-state index is 0.222. The molecule has 0 aromatic heterocycles. The average Bonchev–Trinajstić information content (AvgIpc) is 2.64. The summed E-state index contributed by atoms with van der Waals surface area (Å²) in [5, 5.41) is 0. The van der Waals surface area contributed by atoms with Gasteiger partial charge in [0.25, 0.3) is 0 Å². The van der Waals surface area contributed by atoms with Crippen LogP contribution in [0.25, 0.3) is 11.1 Å². The molecule has 0 saturated carbocycles. The molecule has 1 saturated heterocycles. The van der Waals surface area contributed by atoms with E-state index in [1.165, 1.54) is 29.5 Å². The van der Waals surface area contributed by atoms with E-state index in [9.17, 15) is 0 Å². The van der Waals surface area contributed by atoms with Crippen LogP contribution in [0.5, 0.6) is 5.75 Å². The van der Waals surface area contributed by atoms with E-state index >= 15 is 0 Å². The first-order chi connectivity index (χ1) is 12.7. The maximum Gasteiger partial charge on any atom is 0.119 e. The van der Waals surface area contributed by atoms with Crippen molar-refractivity contribution in [1.82, 2.24) is 4.90 Å². The van der Waals surface area contributed by atoms with Crippen molar-refractivity contribution in [2.24, 2.45) is 0 Å². The lowest BCUT2D eigenvalue weighted by Gasteiger charge is -2.54. The summed E-state index contributed by atoms with van der Waals surface area (Å²) in [6, 6.07) is 17.7. The molecular weight excluding hydrogens is 330 g/mol. The van der Waals surface area contributed by atoms with Crippen LogP contribution in [0.4, 0.5) is 0 Å². The van der Waals surface area contributed by atoms with Gasteiger partial charge in [0, 0.05) is 11.1 Å². The Hall–Kier alpha value is -1.80. The van der Waals surface area contributed by atoms with Gasteiger partial charge in [0.05, 0.1) is 6.61 Å². The zero-order valence-corrected chi connectivity index (χ0v) is 17.9. The third-order valence-corrected chi connectivity index (χ3v) is 6.35. The van der Waals surface area contributed by atoms with E-state index in [2.05, 4.69) is 95.1 Å². The lowest BCUT2D eigenvalue weighted by Crippen LogP contribution is -2.58. The van der Waals surface area contributed by atoms with Gasteiger partial charge in [-0.3, -0.25) is 4.90 Å². The van der Waals surface area contributed by atoms with Crippen LogP contribution in [-0.2, 0) is 0 Å². The number of nitrogens with zero attached hydrogens (tertiary/aromatic N) is 1. The first kappa shape index (κ1) is 19.9. The quantitative estimate of drug-likeness (QED) is 0.599. The molecule has 2 nitrogen and oxygen atoms in total. The van der Waals surface area contributed by atoms with Gasteiger partial charge in [-0.25, -0.2) is 0 Å². The van der Waals surface area contributed by atoms with Crippen LogP contribution in [0.3, 0.4) is 0 Å². The van der Waals surface area contributed by atoms with Crippen LogP contribution in [0, 0.1) is 0 Å². The Balaban J connectivity index is 1.75. The molecule has 0 aliphatic carbocycles. The normalized spacial score (nSPS) is 19.8. The Morgan fingerprint density at radius 1 is 0.852 bits per heavy atom. The van der Waals surface area contributed by atoms with E-state index in [0.717, 1.165) is 18.8 Å². The maximum absolute atomic E-state index is 5.69. The summed E-state index contributed by atoms with van der Waals surface area (Å²) >= 11 is 0. The molecule has 0 amide bonds. The van der Waals surface area contributed by atoms with Gasteiger partial charge in [0.2, 0.25) is 0 Å². The predicted molar refractivity (Wildman–Crippen MR) is 116 cm³/mol. The average molecular weight is 366 g/mol. The smallest absolute Gasteiger partial charge is 0.119 e. The number of hydrogen-bond donors (Lipinski definition) is 0. The topological polar surface area (TPSA) is 12.5 Å². The number of hydrogen-bond acceptors (Lipinski definition) is 2. The van der Waals surface area contributed by atoms with Crippen LogP contribution in [0.15, 0.2) is 48.5 Å². The molecule has 1 aliphatic rings. The van der Waals surface area contributed by atoms with Crippen LogP contribution in [-0.4, -0.2) is 29.6 Å². The number of likely N-dealkylation sites (tertiary alicyclic amines) is 1. The second kappa shape index (κ2) is 7.67. The van der Waals surface area contributed by atoms with Crippen LogP contribution in [0.2, 0.25) is 0 Å². The van der Waals surface area contributed by atoms with Gasteiger partial charge in [0.15, 0.2) is 0 Å². The van der Waals surface area contributed by atoms with Gasteiger partial charge < -0.3 is 4.74 Å². The minimum absolute atomic E-state index is 0.222. The van der Waals surface area contributed by atoms with E-state index in [1.807, 2.05) is 0 Å². The zero-order valence-electron chi connectivity index (χ0n) is 17.9. The summed E-state index contributed by atoms with van der Waals surface area (Å²) < 4.78 is 5.69. The second-order valence-electron chi connectivity index (χ2n) is 9.28. The van der Waals surface area contributed by atoms with Gasteiger partial charge in [-0.05, 0) is 88.7 Å². The largest absolute Gasteiger partial charge is 0.494 e. The molecule has 0 radical (unpaired) electrons. The van der Waals surface area contributed by atoms with Gasteiger partial charge in [-0.15, -0.1) is 0 Å². The Morgan fingerprint density at radius 2 is 1.33 bits per heavy atom. The summed E-state index contributed by atoms with van der Waals surface area (Å²) in [6.07, 6.45) is 3.44. The van der Waals surface area contributed by atoms with E-state index < -0.39 is 0 Å². The Bertz CT molecular complexity index is 725. The number of ether oxygens (including phenoxy) is 1. The van der Waals surface area contributed by atoms with Crippen molar-refractivity contribution >= 4 is 0 Å². The van der Waals surface area contributed by atoms with Crippen LogP contribution < -0.4 is 4.74 Å². The highest BCUT2D eigenvalue weighted by Gasteiger charge is 2.43. The fraction of sp³-hybridized carbons (Fsp3) is 0.520. The monoisotopic (exact) mass is 365 g/mol. The van der Waals surface area contributed by atoms with E-state index in [-0.39, 0.29) is 11.1 Å². The fourth-order valence-electron chi connectivity index (χ4n) is 4.52. The summed E-state index contributed by atoms with van der Waals surface area (Å²) in [5.41, 5.74) is 4.43. The summed E-state index contributed by atoms with van der Waals surface area (Å²) in [4.78, 5) is 2.55. The molecular formula is C25H35NO. The third kappa shape index (κ3) is 4.38. The number of piperidine rings is 1. The first-order valence-electron chi connectivity index (χ1n) is 10.3. The van der Waals surface area contributed by atoms with Crippen molar-refractivity contribution in [3.8, 4) is 16.9 Å². The molecule has 0 N–H and O–H groups in total. The number of rotatable bonds is 5. The Morgan fingerprint density at radius 3 is 1.81 bits per heavy atom. The predicted octanol–water partition coefficient (Wildman–Crippen LogP) is 6.51. The fourth-order valence-corrected chi connectivity index (χ4v) is 4.52. The Kier molecular flexibility index (Phi) is 5.67. The highest BCUT2D eigenvalue weighted by Crippen LogP contribution is 2.44. The molecule has 0 spiro atoms. The van der Waals surface area contributed by atoms with E-state index in [1.54, 1.807) is 0 Å². The summed E-state index contributed by atoms with van der Waals surface area (Å²) in [6.45, 7) is 12.4. The minimum Gasteiger partial charge on any atom is -0.494 e. The lowest BCUT2D eigenvalue weighted by molar-refractivity contribution is -0.0128. The van der Waals surface area contributed by atoms with Gasteiger partial charge in [-0.2, -0.15) is 0 Å². The molecule has 2 heteroatoms. The second-order valence-corrected chi connectivity index (χ2v) is 9.28. The molecule has 146 valence electrons. The third-order valence-electron chi connectivity index (χ3n) is 6.35. The van der Waals surface area contributed by atoms with Crippen molar-refractivity contribution in [2.45, 2.75) is 70.9 Å². The highest BCUT2D eigenvalue weighted by molar-refractivity contribution is 5.64. The molecule has 0 bridgehead atoms. The molecule has 1 heterocycles. The lowest BCUT2D eigenvalue weighted by atomic mass is 9.71. The summed E-state index contributed by atoms with van der Waals surface area (Å²) in [7, 11) is 2.27. The summed E-state index contributed by atoms with van der Waals surface area (Å²) in [5.74, 6) is 1.57. The molecule has 1 aliphatic heterocycles. The molecule has 0 unspecified atom stereocenters. The Labute approximate surface area is 165 Å². The number of benzene rings is 2. The van der Waals surface area contributed by atoms with Crippen molar-refractivity contribution in [2.75, 3.05) is 13.7 Å². The SMILES string of the molecule is CCCOc1ccc(-c2ccc(C3CC(C)(C)N(C)C(C)(C)C3)cc2)cc1. The van der Waals surface area contributed by atoms with Gasteiger partial charge >= 0.3 is 0 Å². The van der Waals surface area contributed by atoms with Crippen LogP contribution in [0.1, 0.15) is 65.4 Å². The maximum atomic E-state index is 5.69.